The van der Waals surface area contributed by atoms with Crippen LogP contribution < -0.4 is 20.7 Å². The maximum absolute atomic E-state index is 14.5. The van der Waals surface area contributed by atoms with Gasteiger partial charge in [-0.3, -0.25) is 14.6 Å². The van der Waals surface area contributed by atoms with Crippen LogP contribution in [0.3, 0.4) is 0 Å². The number of hydrogen-bond donors (Lipinski definition) is 3. The fraction of sp³-hybridized carbons (Fsp3) is 0.320. The van der Waals surface area contributed by atoms with Crippen molar-refractivity contribution in [1.82, 2.24) is 30.5 Å². The van der Waals surface area contributed by atoms with E-state index in [1.54, 1.807) is 32.3 Å². The molecular formula is C25H28FN7O3. The number of pyridine rings is 1. The molecule has 4 rings (SSSR count). The van der Waals surface area contributed by atoms with E-state index >= 15 is 0 Å². The number of aryl methyl sites for hydroxylation is 1. The first-order valence-electron chi connectivity index (χ1n) is 11.4. The van der Waals surface area contributed by atoms with Gasteiger partial charge in [-0.2, -0.15) is 0 Å². The number of ether oxygens (including phenoxy) is 1. The van der Waals surface area contributed by atoms with Crippen LogP contribution in [-0.4, -0.2) is 71.5 Å². The second kappa shape index (κ2) is 10.6. The number of carbonyl (C=O) groups is 2. The molecule has 2 aromatic heterocycles. The van der Waals surface area contributed by atoms with Gasteiger partial charge in [0.1, 0.15) is 5.82 Å². The number of hydrogen-bond acceptors (Lipinski definition) is 8. The molecule has 36 heavy (non-hydrogen) atoms. The Bertz CT molecular complexity index is 1280. The lowest BCUT2D eigenvalue weighted by Crippen LogP contribution is -2.39. The van der Waals surface area contributed by atoms with Crippen LogP contribution in [0.15, 0.2) is 42.9 Å². The summed E-state index contributed by atoms with van der Waals surface area (Å²) in [5, 5.41) is 9.21. The summed E-state index contributed by atoms with van der Waals surface area (Å²) < 4.78 is 19.8. The number of likely N-dealkylation sites (N-methyl/N-ethyl adjacent to an activating group) is 1. The van der Waals surface area contributed by atoms with Gasteiger partial charge in [-0.25, -0.2) is 14.4 Å². The van der Waals surface area contributed by atoms with Gasteiger partial charge in [0.25, 0.3) is 5.91 Å². The Labute approximate surface area is 208 Å². The van der Waals surface area contributed by atoms with Crippen LogP contribution in [0.1, 0.15) is 22.3 Å². The number of nitrogens with one attached hydrogen (secondary N) is 3. The number of carbonyl (C=O) groups excluding carboxylic acids is 2. The molecule has 1 fully saturated rings. The van der Waals surface area contributed by atoms with E-state index in [2.05, 4.69) is 30.9 Å². The average Bonchev–Trinajstić information content (AvgIpc) is 3.33. The van der Waals surface area contributed by atoms with E-state index in [1.807, 2.05) is 6.92 Å². The summed E-state index contributed by atoms with van der Waals surface area (Å²) >= 11 is 0. The largest absolute Gasteiger partial charge is 0.491 e. The zero-order valence-corrected chi connectivity index (χ0v) is 20.5. The van der Waals surface area contributed by atoms with Crippen LogP contribution in [0, 0.1) is 12.7 Å². The predicted molar refractivity (Wildman–Crippen MR) is 133 cm³/mol. The molecule has 0 spiro atoms. The smallest absolute Gasteiger partial charge is 0.255 e. The molecule has 1 aliphatic heterocycles. The maximum atomic E-state index is 14.5. The molecule has 0 saturated carbocycles. The molecule has 188 valence electrons. The van der Waals surface area contributed by atoms with Crippen molar-refractivity contribution in [3.05, 3.63) is 59.8 Å². The summed E-state index contributed by atoms with van der Waals surface area (Å²) in [6.07, 6.45) is 4.91. The summed E-state index contributed by atoms with van der Waals surface area (Å²) in [5.41, 5.74) is 1.83. The van der Waals surface area contributed by atoms with Crippen molar-refractivity contribution in [1.29, 1.82) is 0 Å². The van der Waals surface area contributed by atoms with Crippen molar-refractivity contribution >= 4 is 23.3 Å². The zero-order valence-electron chi connectivity index (χ0n) is 20.5. The summed E-state index contributed by atoms with van der Waals surface area (Å²) in [6, 6.07) is 5.77. The molecule has 0 bridgehead atoms. The van der Waals surface area contributed by atoms with Crippen molar-refractivity contribution in [2.45, 2.75) is 25.4 Å². The highest BCUT2D eigenvalue weighted by Crippen LogP contribution is 2.30. The van der Waals surface area contributed by atoms with Crippen molar-refractivity contribution in [3.8, 4) is 17.1 Å². The van der Waals surface area contributed by atoms with Gasteiger partial charge in [-0.1, -0.05) is 11.6 Å². The molecule has 3 heterocycles. The third-order valence-corrected chi connectivity index (χ3v) is 5.86. The maximum Gasteiger partial charge on any atom is 0.255 e. The van der Waals surface area contributed by atoms with Crippen molar-refractivity contribution in [2.75, 3.05) is 33.1 Å². The minimum atomic E-state index is -0.447. The Morgan fingerprint density at radius 1 is 1.22 bits per heavy atom. The van der Waals surface area contributed by atoms with Gasteiger partial charge in [0, 0.05) is 39.1 Å². The van der Waals surface area contributed by atoms with Crippen LogP contribution in [-0.2, 0) is 4.79 Å². The van der Waals surface area contributed by atoms with Crippen LogP contribution in [0.5, 0.6) is 5.75 Å². The van der Waals surface area contributed by atoms with E-state index < -0.39 is 5.82 Å². The van der Waals surface area contributed by atoms with Gasteiger partial charge in [0.2, 0.25) is 5.91 Å². The summed E-state index contributed by atoms with van der Waals surface area (Å²) in [4.78, 5) is 39.7. The Hall–Kier alpha value is -4.12. The molecule has 0 aliphatic carbocycles. The number of halogens is 1. The normalized spacial score (nSPS) is 16.9. The van der Waals surface area contributed by atoms with Crippen LogP contribution in [0.25, 0.3) is 11.4 Å². The second-order valence-electron chi connectivity index (χ2n) is 8.74. The van der Waals surface area contributed by atoms with E-state index in [1.165, 1.54) is 36.7 Å². The first kappa shape index (κ1) is 25.0. The Kier molecular flexibility index (Phi) is 7.39. The van der Waals surface area contributed by atoms with E-state index in [-0.39, 0.29) is 46.7 Å². The van der Waals surface area contributed by atoms with E-state index in [0.717, 1.165) is 5.56 Å². The molecule has 1 aliphatic rings. The minimum Gasteiger partial charge on any atom is -0.491 e. The first-order chi connectivity index (χ1) is 17.3. The first-order valence-corrected chi connectivity index (χ1v) is 11.4. The van der Waals surface area contributed by atoms with Crippen LogP contribution in [0.4, 0.5) is 15.9 Å². The Morgan fingerprint density at radius 3 is 2.78 bits per heavy atom. The SMILES string of the molecule is COc1cnc(-c2cc(C)ccc2F)nc1Nc1ccncc1C(=O)N[C@H]1CN[C@@H](C(=O)N(C)C)C1. The van der Waals surface area contributed by atoms with E-state index in [9.17, 15) is 14.0 Å². The number of anilines is 2. The van der Waals surface area contributed by atoms with Crippen LogP contribution >= 0.6 is 0 Å². The zero-order chi connectivity index (χ0) is 25.8. The van der Waals surface area contributed by atoms with Gasteiger partial charge in [-0.15, -0.1) is 0 Å². The fourth-order valence-corrected chi connectivity index (χ4v) is 3.97. The molecule has 10 nitrogen and oxygen atoms in total. The van der Waals surface area contributed by atoms with Crippen molar-refractivity contribution < 1.29 is 18.7 Å². The fourth-order valence-electron chi connectivity index (χ4n) is 3.97. The lowest BCUT2D eigenvalue weighted by atomic mass is 10.1. The van der Waals surface area contributed by atoms with Gasteiger partial charge in [0.05, 0.1) is 36.2 Å². The highest BCUT2D eigenvalue weighted by molar-refractivity contribution is 6.00. The average molecular weight is 494 g/mol. The molecule has 0 unspecified atom stereocenters. The third kappa shape index (κ3) is 5.41. The topological polar surface area (TPSA) is 121 Å². The highest BCUT2D eigenvalue weighted by Gasteiger charge is 2.31. The lowest BCUT2D eigenvalue weighted by Gasteiger charge is -2.17. The lowest BCUT2D eigenvalue weighted by molar-refractivity contribution is -0.130. The quantitative estimate of drug-likeness (QED) is 0.459. The monoisotopic (exact) mass is 493 g/mol. The predicted octanol–water partition coefficient (Wildman–Crippen LogP) is 2.29. The Balaban J connectivity index is 1.56. The molecule has 2 atom stereocenters. The molecule has 1 saturated heterocycles. The van der Waals surface area contributed by atoms with E-state index in [0.29, 0.717) is 24.4 Å². The molecule has 3 aromatic rings. The minimum absolute atomic E-state index is 0.0350. The molecular weight excluding hydrogens is 465 g/mol. The van der Waals surface area contributed by atoms with Gasteiger partial charge >= 0.3 is 0 Å². The number of amides is 2. The second-order valence-corrected chi connectivity index (χ2v) is 8.74. The van der Waals surface area contributed by atoms with Crippen LogP contribution in [0.2, 0.25) is 0 Å². The van der Waals surface area contributed by atoms with Crippen molar-refractivity contribution in [3.63, 3.8) is 0 Å². The van der Waals surface area contributed by atoms with Gasteiger partial charge < -0.3 is 25.6 Å². The van der Waals surface area contributed by atoms with Gasteiger partial charge in [-0.05, 0) is 31.5 Å². The molecule has 3 N–H and O–H groups in total. The third-order valence-electron chi connectivity index (χ3n) is 5.86. The standard InChI is InChI=1S/C25H28FN7O3/c1-14-5-6-18(26)16(9-14)22-29-13-21(36-4)23(32-22)31-19-7-8-27-12-17(19)24(34)30-15-10-20(28-11-15)25(35)33(2)3/h5-9,12-13,15,20,28H,10-11H2,1-4H3,(H,30,34)(H,27,29,31,32)/t15-,20-/m1/s1. The van der Waals surface area contributed by atoms with Gasteiger partial charge in [0.15, 0.2) is 17.4 Å². The summed E-state index contributed by atoms with van der Waals surface area (Å²) in [6.45, 7) is 2.33. The van der Waals surface area contributed by atoms with Crippen molar-refractivity contribution in [2.24, 2.45) is 0 Å². The Morgan fingerprint density at radius 2 is 2.03 bits per heavy atom. The summed E-state index contributed by atoms with van der Waals surface area (Å²) in [5.74, 6) is -0.0755. The number of aromatic nitrogens is 3. The number of nitrogens with zero attached hydrogens (tertiary/aromatic N) is 4. The number of rotatable bonds is 7. The highest BCUT2D eigenvalue weighted by atomic mass is 19.1. The summed E-state index contributed by atoms with van der Waals surface area (Å²) in [7, 11) is 4.86. The van der Waals surface area contributed by atoms with E-state index in [4.69, 9.17) is 4.74 Å². The molecule has 2 amide bonds. The molecule has 11 heteroatoms. The molecule has 0 radical (unpaired) electrons. The number of methoxy groups -OCH3 is 1. The number of benzene rings is 1. The molecule has 1 aromatic carbocycles.